The van der Waals surface area contributed by atoms with E-state index in [1.54, 1.807) is 0 Å². The van der Waals surface area contributed by atoms with Crippen molar-refractivity contribution in [1.82, 2.24) is 4.90 Å². The minimum Gasteiger partial charge on any atom is -0.480 e. The van der Waals surface area contributed by atoms with Gasteiger partial charge in [0.25, 0.3) is 0 Å². The van der Waals surface area contributed by atoms with E-state index in [1.807, 2.05) is 0 Å². The number of hydrogen-bond acceptors (Lipinski definition) is 2. The maximum absolute atomic E-state index is 11.8. The lowest BCUT2D eigenvalue weighted by Gasteiger charge is -2.46. The molecular formula is C14H27NO2. The number of piperidine rings is 1. The lowest BCUT2D eigenvalue weighted by molar-refractivity contribution is -0.156. The highest BCUT2D eigenvalue weighted by Crippen LogP contribution is 2.33. The van der Waals surface area contributed by atoms with Crippen molar-refractivity contribution in [3.8, 4) is 0 Å². The summed E-state index contributed by atoms with van der Waals surface area (Å²) >= 11 is 0. The Morgan fingerprint density at radius 2 is 1.88 bits per heavy atom. The Balaban J connectivity index is 2.96. The molecule has 0 saturated carbocycles. The minimum atomic E-state index is -0.616. The molecule has 0 aromatic carbocycles. The molecule has 1 aliphatic heterocycles. The third kappa shape index (κ3) is 3.01. The second kappa shape index (κ2) is 6.39. The van der Waals surface area contributed by atoms with Crippen LogP contribution in [0.1, 0.15) is 65.7 Å². The van der Waals surface area contributed by atoms with Crippen LogP contribution in [0.4, 0.5) is 0 Å². The first-order valence-electron chi connectivity index (χ1n) is 7.08. The van der Waals surface area contributed by atoms with Crippen LogP contribution in [0.25, 0.3) is 0 Å². The number of hydrogen-bond donors (Lipinski definition) is 1. The molecule has 3 nitrogen and oxygen atoms in total. The van der Waals surface area contributed by atoms with Crippen molar-refractivity contribution in [3.63, 3.8) is 0 Å². The van der Waals surface area contributed by atoms with Crippen LogP contribution in [0, 0.1) is 0 Å². The van der Waals surface area contributed by atoms with Gasteiger partial charge in [-0.25, -0.2) is 0 Å². The lowest BCUT2D eigenvalue weighted by atomic mass is 9.83. The van der Waals surface area contributed by atoms with Gasteiger partial charge in [0.05, 0.1) is 0 Å². The molecule has 1 rings (SSSR count). The summed E-state index contributed by atoms with van der Waals surface area (Å²) in [4.78, 5) is 14.1. The van der Waals surface area contributed by atoms with E-state index in [1.165, 1.54) is 6.42 Å². The molecule has 0 aliphatic carbocycles. The van der Waals surface area contributed by atoms with Crippen LogP contribution >= 0.6 is 0 Å². The molecule has 1 aliphatic rings. The summed E-state index contributed by atoms with van der Waals surface area (Å²) in [7, 11) is 0. The van der Waals surface area contributed by atoms with E-state index in [0.29, 0.717) is 6.04 Å². The largest absolute Gasteiger partial charge is 0.480 e. The summed E-state index contributed by atoms with van der Waals surface area (Å²) in [6.07, 6.45) is 6.97. The molecule has 0 aromatic rings. The number of carboxylic acid groups (broad SMARTS) is 1. The van der Waals surface area contributed by atoms with Gasteiger partial charge in [-0.05, 0) is 39.2 Å². The molecule has 0 spiro atoms. The summed E-state index contributed by atoms with van der Waals surface area (Å²) in [5, 5.41) is 9.71. The smallest absolute Gasteiger partial charge is 0.324 e. The molecule has 1 heterocycles. The van der Waals surface area contributed by atoms with Gasteiger partial charge in [0.2, 0.25) is 0 Å². The summed E-state index contributed by atoms with van der Waals surface area (Å²) in [6, 6.07) is 0.415. The zero-order chi connectivity index (χ0) is 12.9. The van der Waals surface area contributed by atoms with Crippen molar-refractivity contribution < 1.29 is 9.90 Å². The van der Waals surface area contributed by atoms with Gasteiger partial charge in [0.15, 0.2) is 0 Å². The molecule has 100 valence electrons. The van der Waals surface area contributed by atoms with Gasteiger partial charge in [-0.2, -0.15) is 0 Å². The number of rotatable bonds is 6. The highest BCUT2D eigenvalue weighted by Gasteiger charge is 2.44. The van der Waals surface area contributed by atoms with Gasteiger partial charge in [-0.1, -0.05) is 33.1 Å². The molecule has 17 heavy (non-hydrogen) atoms. The summed E-state index contributed by atoms with van der Waals surface area (Å²) in [6.45, 7) is 7.31. The Morgan fingerprint density at radius 1 is 1.29 bits per heavy atom. The molecule has 1 unspecified atom stereocenters. The maximum atomic E-state index is 11.8. The van der Waals surface area contributed by atoms with Crippen LogP contribution in [0.2, 0.25) is 0 Å². The first-order valence-corrected chi connectivity index (χ1v) is 7.08. The topological polar surface area (TPSA) is 40.5 Å². The second-order valence-corrected chi connectivity index (χ2v) is 5.37. The Kier molecular flexibility index (Phi) is 5.44. The molecule has 3 heteroatoms. The maximum Gasteiger partial charge on any atom is 0.324 e. The van der Waals surface area contributed by atoms with Crippen molar-refractivity contribution in [2.75, 3.05) is 6.54 Å². The molecule has 0 amide bonds. The second-order valence-electron chi connectivity index (χ2n) is 5.37. The number of likely N-dealkylation sites (tertiary alicyclic amines) is 1. The Morgan fingerprint density at radius 3 is 2.29 bits per heavy atom. The van der Waals surface area contributed by atoms with E-state index in [-0.39, 0.29) is 0 Å². The van der Waals surface area contributed by atoms with E-state index in [2.05, 4.69) is 25.7 Å². The quantitative estimate of drug-likeness (QED) is 0.775. The number of carboxylic acids is 1. The van der Waals surface area contributed by atoms with Crippen LogP contribution in [0.15, 0.2) is 0 Å². The lowest BCUT2D eigenvalue weighted by Crippen LogP contribution is -2.59. The van der Waals surface area contributed by atoms with Crippen LogP contribution < -0.4 is 0 Å². The molecule has 0 aromatic heterocycles. The van der Waals surface area contributed by atoms with Crippen molar-refractivity contribution in [2.24, 2.45) is 0 Å². The van der Waals surface area contributed by atoms with Crippen LogP contribution in [0.5, 0.6) is 0 Å². The summed E-state index contributed by atoms with van der Waals surface area (Å²) in [5.74, 6) is -0.616. The number of carbonyl (C=O) groups is 1. The average Bonchev–Trinajstić information content (AvgIpc) is 2.29. The minimum absolute atomic E-state index is 0.415. The SMILES string of the molecule is CCCC(CCC)(C(=O)O)N1CCCCC1C. The third-order valence-electron chi connectivity index (χ3n) is 4.08. The van der Waals surface area contributed by atoms with E-state index in [4.69, 9.17) is 0 Å². The highest BCUT2D eigenvalue weighted by molar-refractivity contribution is 5.78. The normalized spacial score (nSPS) is 22.6. The van der Waals surface area contributed by atoms with Gasteiger partial charge < -0.3 is 5.11 Å². The number of nitrogens with zero attached hydrogens (tertiary/aromatic N) is 1. The van der Waals surface area contributed by atoms with Crippen LogP contribution in [0.3, 0.4) is 0 Å². The fraction of sp³-hybridized carbons (Fsp3) is 0.929. The Hall–Kier alpha value is -0.570. The molecule has 1 saturated heterocycles. The Bertz CT molecular complexity index is 247. The Labute approximate surface area is 105 Å². The molecule has 1 fully saturated rings. The predicted molar refractivity (Wildman–Crippen MR) is 70.2 cm³/mol. The molecule has 0 bridgehead atoms. The molecular weight excluding hydrogens is 214 g/mol. The van der Waals surface area contributed by atoms with E-state index >= 15 is 0 Å². The monoisotopic (exact) mass is 241 g/mol. The van der Waals surface area contributed by atoms with Gasteiger partial charge in [-0.15, -0.1) is 0 Å². The van der Waals surface area contributed by atoms with Crippen LogP contribution in [-0.2, 0) is 4.79 Å². The first kappa shape index (κ1) is 14.5. The molecule has 0 radical (unpaired) electrons. The average molecular weight is 241 g/mol. The van der Waals surface area contributed by atoms with Crippen molar-refractivity contribution in [2.45, 2.75) is 77.3 Å². The van der Waals surface area contributed by atoms with Gasteiger partial charge in [-0.3, -0.25) is 9.69 Å². The van der Waals surface area contributed by atoms with E-state index in [9.17, 15) is 9.90 Å². The fourth-order valence-corrected chi connectivity index (χ4v) is 3.31. The number of aliphatic carboxylic acids is 1. The van der Waals surface area contributed by atoms with Gasteiger partial charge >= 0.3 is 5.97 Å². The van der Waals surface area contributed by atoms with Crippen LogP contribution in [-0.4, -0.2) is 34.1 Å². The zero-order valence-corrected chi connectivity index (χ0v) is 11.5. The molecule has 1 atom stereocenters. The highest BCUT2D eigenvalue weighted by atomic mass is 16.4. The molecule has 1 N–H and O–H groups in total. The first-order chi connectivity index (χ1) is 8.08. The van der Waals surface area contributed by atoms with Gasteiger partial charge in [0.1, 0.15) is 5.54 Å². The fourth-order valence-electron chi connectivity index (χ4n) is 3.31. The zero-order valence-electron chi connectivity index (χ0n) is 11.5. The third-order valence-corrected chi connectivity index (χ3v) is 4.08. The van der Waals surface area contributed by atoms with Crippen molar-refractivity contribution >= 4 is 5.97 Å². The summed E-state index contributed by atoms with van der Waals surface area (Å²) < 4.78 is 0. The standard InChI is InChI=1S/C14H27NO2/c1-4-9-14(10-5-2,13(16)17)15-11-7-6-8-12(15)3/h12H,4-11H2,1-3H3,(H,16,17). The predicted octanol–water partition coefficient (Wildman–Crippen LogP) is 3.28. The summed E-state index contributed by atoms with van der Waals surface area (Å²) in [5.41, 5.74) is -0.608. The van der Waals surface area contributed by atoms with E-state index in [0.717, 1.165) is 45.1 Å². The van der Waals surface area contributed by atoms with Crippen molar-refractivity contribution in [1.29, 1.82) is 0 Å². The van der Waals surface area contributed by atoms with E-state index < -0.39 is 11.5 Å². The van der Waals surface area contributed by atoms with Gasteiger partial charge in [0, 0.05) is 6.04 Å². The van der Waals surface area contributed by atoms with Crippen molar-refractivity contribution in [3.05, 3.63) is 0 Å².